The first-order valence-corrected chi connectivity index (χ1v) is 12.5. The zero-order valence-electron chi connectivity index (χ0n) is 18.5. The van der Waals surface area contributed by atoms with E-state index in [1.54, 1.807) is 30.9 Å². The molecular weight excluding hydrogens is 450 g/mol. The molecule has 0 radical (unpaired) electrons. The number of likely N-dealkylation sites (tertiary alicyclic amines) is 1. The average Bonchev–Trinajstić information content (AvgIpc) is 3.30. The van der Waals surface area contributed by atoms with Crippen LogP contribution in [0.3, 0.4) is 0 Å². The molecule has 1 aliphatic heterocycles. The van der Waals surface area contributed by atoms with Crippen LogP contribution in [-0.2, 0) is 10.0 Å². The van der Waals surface area contributed by atoms with Crippen molar-refractivity contribution in [3.8, 4) is 0 Å². The van der Waals surface area contributed by atoms with E-state index < -0.39 is 15.9 Å². The molecule has 1 N–H and O–H groups in total. The Bertz CT molecular complexity index is 1120. The summed E-state index contributed by atoms with van der Waals surface area (Å²) < 4.78 is 27.2. The number of carbonyl (C=O) groups is 2. The first-order chi connectivity index (χ1) is 15.2. The molecule has 0 bridgehead atoms. The van der Waals surface area contributed by atoms with Crippen LogP contribution in [-0.4, -0.2) is 55.6 Å². The quantitative estimate of drug-likeness (QED) is 0.648. The van der Waals surface area contributed by atoms with E-state index in [0.29, 0.717) is 24.3 Å². The molecule has 0 saturated carbocycles. The van der Waals surface area contributed by atoms with Crippen LogP contribution < -0.4 is 5.32 Å². The lowest BCUT2D eigenvalue weighted by atomic mass is 10.1. The minimum atomic E-state index is -3.84. The van der Waals surface area contributed by atoms with Crippen LogP contribution in [0.15, 0.2) is 41.3 Å². The summed E-state index contributed by atoms with van der Waals surface area (Å²) in [4.78, 5) is 27.7. The third-order valence-electron chi connectivity index (χ3n) is 5.65. The predicted octanol–water partition coefficient (Wildman–Crippen LogP) is 4.17. The molecule has 2 aromatic carbocycles. The third-order valence-corrected chi connectivity index (χ3v) is 8.18. The third kappa shape index (κ3) is 4.82. The molecule has 2 amide bonds. The molecule has 0 unspecified atom stereocenters. The van der Waals surface area contributed by atoms with Gasteiger partial charge in [0.2, 0.25) is 10.0 Å². The summed E-state index contributed by atoms with van der Waals surface area (Å²) in [7, 11) is -3.84. The second-order valence-corrected chi connectivity index (χ2v) is 10.00. The van der Waals surface area contributed by atoms with Crippen LogP contribution in [0.2, 0.25) is 5.02 Å². The summed E-state index contributed by atoms with van der Waals surface area (Å²) in [6.45, 7) is 7.26. The Labute approximate surface area is 194 Å². The van der Waals surface area contributed by atoms with Gasteiger partial charge in [0.1, 0.15) is 4.90 Å². The Morgan fingerprint density at radius 3 is 2.38 bits per heavy atom. The minimum absolute atomic E-state index is 0.0502. The van der Waals surface area contributed by atoms with Gasteiger partial charge in [-0.2, -0.15) is 4.31 Å². The Morgan fingerprint density at radius 2 is 1.75 bits per heavy atom. The highest BCUT2D eigenvalue weighted by Gasteiger charge is 2.27. The van der Waals surface area contributed by atoms with E-state index in [9.17, 15) is 18.0 Å². The van der Waals surface area contributed by atoms with Gasteiger partial charge in [-0.05, 0) is 49.6 Å². The van der Waals surface area contributed by atoms with E-state index in [-0.39, 0.29) is 34.5 Å². The minimum Gasteiger partial charge on any atom is -0.339 e. The number of nitrogens with one attached hydrogen (secondary N) is 1. The molecule has 0 spiro atoms. The molecule has 32 heavy (non-hydrogen) atoms. The fraction of sp³-hybridized carbons (Fsp3) is 0.391. The summed E-state index contributed by atoms with van der Waals surface area (Å²) in [5, 5.41) is 2.87. The molecule has 172 valence electrons. The van der Waals surface area contributed by atoms with Crippen LogP contribution in [0.25, 0.3) is 0 Å². The highest BCUT2D eigenvalue weighted by molar-refractivity contribution is 7.89. The van der Waals surface area contributed by atoms with Gasteiger partial charge >= 0.3 is 0 Å². The number of carbonyl (C=O) groups excluding carboxylic acids is 2. The Morgan fingerprint density at radius 1 is 1.09 bits per heavy atom. The van der Waals surface area contributed by atoms with Gasteiger partial charge in [0.05, 0.1) is 16.3 Å². The van der Waals surface area contributed by atoms with E-state index in [0.717, 1.165) is 18.4 Å². The lowest BCUT2D eigenvalue weighted by Crippen LogP contribution is -2.31. The topological polar surface area (TPSA) is 86.8 Å². The van der Waals surface area contributed by atoms with Crippen molar-refractivity contribution in [2.75, 3.05) is 31.5 Å². The van der Waals surface area contributed by atoms with Crippen molar-refractivity contribution in [2.45, 2.75) is 38.5 Å². The maximum atomic E-state index is 13.1. The number of rotatable bonds is 7. The molecule has 0 aliphatic carbocycles. The average molecular weight is 478 g/mol. The second-order valence-electron chi connectivity index (χ2n) is 7.69. The second kappa shape index (κ2) is 10.0. The van der Waals surface area contributed by atoms with Gasteiger partial charge in [0, 0.05) is 31.7 Å². The molecule has 0 aromatic heterocycles. The molecule has 1 fully saturated rings. The first kappa shape index (κ1) is 24.2. The van der Waals surface area contributed by atoms with E-state index in [1.165, 1.54) is 22.5 Å². The number of halogens is 1. The fourth-order valence-corrected chi connectivity index (χ4v) is 5.79. The highest BCUT2D eigenvalue weighted by atomic mass is 35.5. The van der Waals surface area contributed by atoms with Crippen molar-refractivity contribution in [3.05, 3.63) is 58.1 Å². The van der Waals surface area contributed by atoms with E-state index in [1.807, 2.05) is 13.0 Å². The summed E-state index contributed by atoms with van der Waals surface area (Å²) in [6, 6.07) is 9.45. The van der Waals surface area contributed by atoms with Crippen molar-refractivity contribution in [2.24, 2.45) is 0 Å². The largest absolute Gasteiger partial charge is 0.339 e. The number of para-hydroxylation sites is 1. The van der Waals surface area contributed by atoms with Crippen molar-refractivity contribution in [1.82, 2.24) is 9.21 Å². The van der Waals surface area contributed by atoms with Gasteiger partial charge in [-0.25, -0.2) is 8.42 Å². The molecule has 1 saturated heterocycles. The molecule has 9 heteroatoms. The molecule has 1 aliphatic rings. The maximum absolute atomic E-state index is 13.1. The zero-order chi connectivity index (χ0) is 23.5. The van der Waals surface area contributed by atoms with Crippen molar-refractivity contribution in [3.63, 3.8) is 0 Å². The summed E-state index contributed by atoms with van der Waals surface area (Å²) in [5.41, 5.74) is 1.74. The van der Waals surface area contributed by atoms with Gasteiger partial charge in [-0.3, -0.25) is 9.59 Å². The molecule has 0 atom stereocenters. The first-order valence-electron chi connectivity index (χ1n) is 10.7. The number of hydrogen-bond donors (Lipinski definition) is 1. The van der Waals surface area contributed by atoms with Crippen LogP contribution in [0.4, 0.5) is 5.69 Å². The zero-order valence-corrected chi connectivity index (χ0v) is 20.1. The molecule has 7 nitrogen and oxygen atoms in total. The number of anilines is 1. The van der Waals surface area contributed by atoms with Gasteiger partial charge in [-0.1, -0.05) is 37.6 Å². The normalized spacial score (nSPS) is 14.1. The number of nitrogens with zero attached hydrogens (tertiary/aromatic N) is 2. The molecule has 1 heterocycles. The smallest absolute Gasteiger partial charge is 0.255 e. The van der Waals surface area contributed by atoms with Crippen LogP contribution in [0.5, 0.6) is 0 Å². The van der Waals surface area contributed by atoms with Gasteiger partial charge in [0.25, 0.3) is 11.8 Å². The Balaban J connectivity index is 1.94. The number of amides is 2. The Hall–Kier alpha value is -2.42. The molecule has 3 rings (SSSR count). The number of aryl methyl sites for hydroxylation is 1. The Kier molecular flexibility index (Phi) is 7.59. The fourth-order valence-electron chi connectivity index (χ4n) is 3.83. The van der Waals surface area contributed by atoms with Crippen LogP contribution in [0.1, 0.15) is 53.0 Å². The lowest BCUT2D eigenvalue weighted by Gasteiger charge is -2.20. The monoisotopic (exact) mass is 477 g/mol. The number of benzene rings is 2. The van der Waals surface area contributed by atoms with E-state index >= 15 is 0 Å². The summed E-state index contributed by atoms with van der Waals surface area (Å²) in [5.74, 6) is -0.634. The van der Waals surface area contributed by atoms with Gasteiger partial charge < -0.3 is 10.2 Å². The summed E-state index contributed by atoms with van der Waals surface area (Å²) in [6.07, 6.45) is 1.93. The molecule has 2 aromatic rings. The summed E-state index contributed by atoms with van der Waals surface area (Å²) >= 11 is 6.18. The van der Waals surface area contributed by atoms with Gasteiger partial charge in [0.15, 0.2) is 0 Å². The number of sulfonamides is 1. The maximum Gasteiger partial charge on any atom is 0.255 e. The SMILES string of the molecule is CCN(CC)S(=O)(=O)c1cc(C(=O)Nc2c(C)cccc2C(=O)N2CCCC2)ccc1Cl. The lowest BCUT2D eigenvalue weighted by molar-refractivity contribution is 0.0793. The van der Waals surface area contributed by atoms with Crippen molar-refractivity contribution >= 4 is 39.1 Å². The van der Waals surface area contributed by atoms with Gasteiger partial charge in [-0.15, -0.1) is 0 Å². The molecular formula is C23H28ClN3O4S. The predicted molar refractivity (Wildman–Crippen MR) is 126 cm³/mol. The standard InChI is InChI=1S/C23H28ClN3O4S/c1-4-27(5-2)32(30,31)20-15-17(11-12-19(20)24)22(28)25-21-16(3)9-8-10-18(21)23(29)26-13-6-7-14-26/h8-12,15H,4-7,13-14H2,1-3H3,(H,25,28). The van der Waals surface area contributed by atoms with Crippen LogP contribution in [0, 0.1) is 6.92 Å². The van der Waals surface area contributed by atoms with E-state index in [4.69, 9.17) is 11.6 Å². The van der Waals surface area contributed by atoms with E-state index in [2.05, 4.69) is 5.32 Å². The van der Waals surface area contributed by atoms with Crippen LogP contribution >= 0.6 is 11.6 Å². The number of hydrogen-bond acceptors (Lipinski definition) is 4. The highest BCUT2D eigenvalue weighted by Crippen LogP contribution is 2.28. The van der Waals surface area contributed by atoms with Crippen molar-refractivity contribution < 1.29 is 18.0 Å². The van der Waals surface area contributed by atoms with Crippen molar-refractivity contribution in [1.29, 1.82) is 0 Å².